The third-order valence-corrected chi connectivity index (χ3v) is 2.68. The summed E-state index contributed by atoms with van der Waals surface area (Å²) < 4.78 is 10.2. The molecule has 4 nitrogen and oxygen atoms in total. The summed E-state index contributed by atoms with van der Waals surface area (Å²) in [5.74, 6) is 1.31. The van der Waals surface area contributed by atoms with Crippen LogP contribution in [0.3, 0.4) is 0 Å². The predicted octanol–water partition coefficient (Wildman–Crippen LogP) is 2.78. The molecule has 4 heteroatoms. The highest BCUT2D eigenvalue weighted by molar-refractivity contribution is 5.83. The first kappa shape index (κ1) is 11.4. The van der Waals surface area contributed by atoms with Crippen molar-refractivity contribution in [1.29, 1.82) is 0 Å². The van der Waals surface area contributed by atoms with Gasteiger partial charge < -0.3 is 9.26 Å². The third kappa shape index (κ3) is 1.93. The third-order valence-electron chi connectivity index (χ3n) is 2.68. The second-order valence-electron chi connectivity index (χ2n) is 3.77. The Morgan fingerprint density at radius 2 is 2.12 bits per heavy atom. The first-order chi connectivity index (χ1) is 8.17. The molecule has 0 N–H and O–H groups in total. The molecule has 0 radical (unpaired) electrons. The number of carbonyl (C=O) groups is 1. The van der Waals surface area contributed by atoms with Crippen LogP contribution < -0.4 is 4.74 Å². The zero-order valence-corrected chi connectivity index (χ0v) is 9.98. The highest BCUT2D eigenvalue weighted by Gasteiger charge is 2.13. The molecule has 0 amide bonds. The molecule has 2 aromatic rings. The molecule has 0 unspecified atom stereocenters. The number of methoxy groups -OCH3 is 1. The Balaban J connectivity index is 2.58. The van der Waals surface area contributed by atoms with Gasteiger partial charge in [0, 0.05) is 5.56 Å². The minimum absolute atomic E-state index is 0.519. The topological polar surface area (TPSA) is 52.3 Å². The molecule has 1 aromatic carbocycles. The van der Waals surface area contributed by atoms with E-state index in [9.17, 15) is 4.79 Å². The zero-order chi connectivity index (χ0) is 12.4. The number of hydrogen-bond donors (Lipinski definition) is 0. The lowest BCUT2D eigenvalue weighted by atomic mass is 10.0. The fraction of sp³-hybridized carbons (Fsp3) is 0.231. The molecule has 0 aliphatic rings. The Labute approximate surface area is 99.2 Å². The van der Waals surface area contributed by atoms with Crippen molar-refractivity contribution in [3.05, 3.63) is 35.2 Å². The molecular weight excluding hydrogens is 218 g/mol. The quantitative estimate of drug-likeness (QED) is 0.762. The van der Waals surface area contributed by atoms with Crippen LogP contribution in [0.5, 0.6) is 5.75 Å². The van der Waals surface area contributed by atoms with E-state index in [1.165, 1.54) is 7.11 Å². The summed E-state index contributed by atoms with van der Waals surface area (Å²) in [5.41, 5.74) is 3.16. The second-order valence-corrected chi connectivity index (χ2v) is 3.77. The van der Waals surface area contributed by atoms with E-state index in [1.807, 2.05) is 19.9 Å². The smallest absolute Gasteiger partial charge is 0.153 e. The summed E-state index contributed by atoms with van der Waals surface area (Å²) in [4.78, 5) is 11.0. The van der Waals surface area contributed by atoms with Crippen LogP contribution in [-0.4, -0.2) is 18.6 Å². The number of aldehydes is 1. The Morgan fingerprint density at radius 1 is 1.35 bits per heavy atom. The van der Waals surface area contributed by atoms with Crippen molar-refractivity contribution in [2.75, 3.05) is 7.11 Å². The lowest BCUT2D eigenvalue weighted by Crippen LogP contribution is -1.91. The van der Waals surface area contributed by atoms with Crippen molar-refractivity contribution < 1.29 is 14.1 Å². The second kappa shape index (κ2) is 4.41. The van der Waals surface area contributed by atoms with Gasteiger partial charge in [0.25, 0.3) is 0 Å². The molecule has 0 saturated carbocycles. The fourth-order valence-corrected chi connectivity index (χ4v) is 1.88. The van der Waals surface area contributed by atoms with Crippen molar-refractivity contribution in [2.45, 2.75) is 13.8 Å². The van der Waals surface area contributed by atoms with Gasteiger partial charge in [-0.3, -0.25) is 4.79 Å². The Bertz CT molecular complexity index is 538. The molecule has 88 valence electrons. The van der Waals surface area contributed by atoms with Crippen LogP contribution in [0.1, 0.15) is 21.8 Å². The van der Waals surface area contributed by atoms with E-state index in [4.69, 9.17) is 9.26 Å². The molecule has 1 aromatic heterocycles. The average molecular weight is 231 g/mol. The number of nitrogens with zero attached hydrogens (tertiary/aromatic N) is 1. The van der Waals surface area contributed by atoms with Gasteiger partial charge in [0.1, 0.15) is 11.5 Å². The van der Waals surface area contributed by atoms with Gasteiger partial charge in [-0.15, -0.1) is 0 Å². The Hall–Kier alpha value is -2.10. The Morgan fingerprint density at radius 3 is 2.65 bits per heavy atom. The molecule has 0 bridgehead atoms. The highest BCUT2D eigenvalue weighted by Crippen LogP contribution is 2.30. The van der Waals surface area contributed by atoms with Crippen molar-refractivity contribution >= 4 is 6.29 Å². The van der Waals surface area contributed by atoms with Crippen molar-refractivity contribution in [3.8, 4) is 16.9 Å². The lowest BCUT2D eigenvalue weighted by molar-refractivity contribution is 0.112. The summed E-state index contributed by atoms with van der Waals surface area (Å²) in [6.45, 7) is 3.72. The van der Waals surface area contributed by atoms with Gasteiger partial charge in [0.2, 0.25) is 0 Å². The van der Waals surface area contributed by atoms with E-state index in [2.05, 4.69) is 5.16 Å². The summed E-state index contributed by atoms with van der Waals surface area (Å²) in [6, 6.07) is 5.43. The predicted molar refractivity (Wildman–Crippen MR) is 63.4 cm³/mol. The maximum atomic E-state index is 11.0. The van der Waals surface area contributed by atoms with E-state index in [0.717, 1.165) is 28.9 Å². The van der Waals surface area contributed by atoms with Crippen molar-refractivity contribution in [2.24, 2.45) is 0 Å². The normalized spacial score (nSPS) is 10.3. The van der Waals surface area contributed by atoms with Gasteiger partial charge in [-0.1, -0.05) is 11.2 Å². The molecule has 0 aliphatic carbocycles. The molecular formula is C13H13NO3. The van der Waals surface area contributed by atoms with Crippen LogP contribution in [0.2, 0.25) is 0 Å². The van der Waals surface area contributed by atoms with Crippen LogP contribution in [0.15, 0.2) is 22.7 Å². The number of aromatic nitrogens is 1. The van der Waals surface area contributed by atoms with Gasteiger partial charge in [-0.05, 0) is 31.5 Å². The maximum absolute atomic E-state index is 11.0. The molecule has 0 spiro atoms. The van der Waals surface area contributed by atoms with E-state index >= 15 is 0 Å². The Kier molecular flexibility index (Phi) is 2.95. The van der Waals surface area contributed by atoms with Crippen molar-refractivity contribution in [1.82, 2.24) is 5.16 Å². The van der Waals surface area contributed by atoms with E-state index < -0.39 is 0 Å². The van der Waals surface area contributed by atoms with Crippen LogP contribution >= 0.6 is 0 Å². The molecule has 1 heterocycles. The standard InChI is InChI=1S/C13H13NO3/c1-8-13(9(2)17-14-8)10-4-5-12(16-3)11(6-10)7-15/h4-7H,1-3H3. The van der Waals surface area contributed by atoms with E-state index in [1.54, 1.807) is 12.1 Å². The van der Waals surface area contributed by atoms with E-state index in [-0.39, 0.29) is 0 Å². The summed E-state index contributed by atoms with van der Waals surface area (Å²) in [7, 11) is 1.54. The maximum Gasteiger partial charge on any atom is 0.153 e. The number of ether oxygens (including phenoxy) is 1. The average Bonchev–Trinajstić information content (AvgIpc) is 2.68. The minimum atomic E-state index is 0.519. The molecule has 0 fully saturated rings. The van der Waals surface area contributed by atoms with Gasteiger partial charge in [0.15, 0.2) is 6.29 Å². The first-order valence-electron chi connectivity index (χ1n) is 5.24. The largest absolute Gasteiger partial charge is 0.496 e. The molecule has 0 saturated heterocycles. The van der Waals surface area contributed by atoms with Crippen LogP contribution in [-0.2, 0) is 0 Å². The fourth-order valence-electron chi connectivity index (χ4n) is 1.88. The monoisotopic (exact) mass is 231 g/mol. The number of rotatable bonds is 3. The summed E-state index contributed by atoms with van der Waals surface area (Å²) in [6.07, 6.45) is 0.778. The number of benzene rings is 1. The lowest BCUT2D eigenvalue weighted by Gasteiger charge is -2.06. The number of hydrogen-bond acceptors (Lipinski definition) is 4. The van der Waals surface area contributed by atoms with Gasteiger partial charge in [0.05, 0.1) is 18.4 Å². The SMILES string of the molecule is COc1ccc(-c2c(C)noc2C)cc1C=O. The van der Waals surface area contributed by atoms with E-state index in [0.29, 0.717) is 11.3 Å². The molecule has 0 atom stereocenters. The number of aryl methyl sites for hydroxylation is 2. The van der Waals surface area contributed by atoms with Crippen molar-refractivity contribution in [3.63, 3.8) is 0 Å². The molecule has 2 rings (SSSR count). The minimum Gasteiger partial charge on any atom is -0.496 e. The van der Waals surface area contributed by atoms with Gasteiger partial charge >= 0.3 is 0 Å². The van der Waals surface area contributed by atoms with Gasteiger partial charge in [-0.25, -0.2) is 0 Å². The summed E-state index contributed by atoms with van der Waals surface area (Å²) in [5, 5.41) is 3.90. The summed E-state index contributed by atoms with van der Waals surface area (Å²) >= 11 is 0. The van der Waals surface area contributed by atoms with Gasteiger partial charge in [-0.2, -0.15) is 0 Å². The molecule has 0 aliphatic heterocycles. The van der Waals surface area contributed by atoms with Crippen LogP contribution in [0.4, 0.5) is 0 Å². The van der Waals surface area contributed by atoms with Crippen LogP contribution in [0.25, 0.3) is 11.1 Å². The first-order valence-corrected chi connectivity index (χ1v) is 5.24. The van der Waals surface area contributed by atoms with Crippen LogP contribution in [0, 0.1) is 13.8 Å². The molecule has 17 heavy (non-hydrogen) atoms. The number of carbonyl (C=O) groups excluding carboxylic acids is 1. The highest BCUT2D eigenvalue weighted by atomic mass is 16.5. The zero-order valence-electron chi connectivity index (χ0n) is 9.98.